The van der Waals surface area contributed by atoms with E-state index in [1.54, 1.807) is 0 Å². The summed E-state index contributed by atoms with van der Waals surface area (Å²) >= 11 is 0. The van der Waals surface area contributed by atoms with Crippen molar-refractivity contribution in [1.29, 1.82) is 0 Å². The fourth-order valence-electron chi connectivity index (χ4n) is 3.94. The lowest BCUT2D eigenvalue weighted by atomic mass is 9.92. The van der Waals surface area contributed by atoms with E-state index in [1.807, 2.05) is 11.9 Å². The van der Waals surface area contributed by atoms with Gasteiger partial charge in [0.2, 0.25) is 5.91 Å². The molecule has 2 aliphatic rings. The van der Waals surface area contributed by atoms with Crippen LogP contribution in [0.5, 0.6) is 0 Å². The summed E-state index contributed by atoms with van der Waals surface area (Å²) in [5.74, 6) is 1.69. The second-order valence-electron chi connectivity index (χ2n) is 6.56. The Morgan fingerprint density at radius 2 is 2.10 bits per heavy atom. The van der Waals surface area contributed by atoms with Crippen molar-refractivity contribution >= 4 is 5.91 Å². The van der Waals surface area contributed by atoms with Crippen molar-refractivity contribution in [3.8, 4) is 0 Å². The zero-order chi connectivity index (χ0) is 14.8. The largest absolute Gasteiger partial charge is 0.345 e. The molecule has 2 aliphatic carbocycles. The Bertz CT molecular complexity index is 514. The summed E-state index contributed by atoms with van der Waals surface area (Å²) in [6.45, 7) is 1.62. The third-order valence-electron chi connectivity index (χ3n) is 5.19. The molecule has 1 aromatic carbocycles. The van der Waals surface area contributed by atoms with Crippen molar-refractivity contribution in [1.82, 2.24) is 4.90 Å². The fourth-order valence-corrected chi connectivity index (χ4v) is 3.94. The van der Waals surface area contributed by atoms with Gasteiger partial charge >= 0.3 is 0 Å². The number of nitrogens with two attached hydrogens (primary N) is 1. The minimum absolute atomic E-state index is 0.244. The SMILES string of the molecule is CN(CCCCCN)C(=O)C1C2CCc3ccccc3C21. The van der Waals surface area contributed by atoms with Gasteiger partial charge in [-0.15, -0.1) is 0 Å². The van der Waals surface area contributed by atoms with E-state index in [4.69, 9.17) is 5.73 Å². The first kappa shape index (κ1) is 14.6. The van der Waals surface area contributed by atoms with Gasteiger partial charge in [0.05, 0.1) is 0 Å². The summed E-state index contributed by atoms with van der Waals surface area (Å²) in [7, 11) is 1.96. The summed E-state index contributed by atoms with van der Waals surface area (Å²) in [6, 6.07) is 8.67. The highest BCUT2D eigenvalue weighted by molar-refractivity contribution is 5.84. The van der Waals surface area contributed by atoms with E-state index < -0.39 is 0 Å². The van der Waals surface area contributed by atoms with Crippen LogP contribution in [0.2, 0.25) is 0 Å². The summed E-state index contributed by atoms with van der Waals surface area (Å²) in [4.78, 5) is 14.6. The number of unbranched alkanes of at least 4 members (excludes halogenated alkanes) is 2. The van der Waals surface area contributed by atoms with Crippen LogP contribution in [0.3, 0.4) is 0 Å². The van der Waals surface area contributed by atoms with Crippen molar-refractivity contribution < 1.29 is 4.79 Å². The molecule has 0 aromatic heterocycles. The molecule has 114 valence electrons. The molecule has 3 rings (SSSR count). The van der Waals surface area contributed by atoms with Gasteiger partial charge in [-0.1, -0.05) is 30.7 Å². The number of fused-ring (bicyclic) bond motifs is 3. The van der Waals surface area contributed by atoms with Gasteiger partial charge in [0.1, 0.15) is 0 Å². The van der Waals surface area contributed by atoms with E-state index in [1.165, 1.54) is 17.5 Å². The summed E-state index contributed by atoms with van der Waals surface area (Å²) in [5.41, 5.74) is 8.40. The Kier molecular flexibility index (Phi) is 4.29. The quantitative estimate of drug-likeness (QED) is 0.817. The number of benzene rings is 1. The second kappa shape index (κ2) is 6.18. The van der Waals surface area contributed by atoms with Crippen molar-refractivity contribution in [2.24, 2.45) is 17.6 Å². The van der Waals surface area contributed by atoms with Gasteiger partial charge in [-0.25, -0.2) is 0 Å². The molecule has 1 saturated carbocycles. The predicted octanol–water partition coefficient (Wildman–Crippen LogP) is 2.55. The molecule has 3 nitrogen and oxygen atoms in total. The minimum atomic E-state index is 0.244. The van der Waals surface area contributed by atoms with Crippen molar-refractivity contribution in [2.45, 2.75) is 38.0 Å². The van der Waals surface area contributed by atoms with Crippen molar-refractivity contribution in [3.05, 3.63) is 35.4 Å². The normalized spacial score (nSPS) is 25.9. The fraction of sp³-hybridized carbons (Fsp3) is 0.611. The number of hydrogen-bond donors (Lipinski definition) is 1. The molecule has 3 atom stereocenters. The molecule has 0 bridgehead atoms. The Morgan fingerprint density at radius 1 is 1.29 bits per heavy atom. The zero-order valence-electron chi connectivity index (χ0n) is 12.9. The number of aryl methyl sites for hydroxylation is 1. The van der Waals surface area contributed by atoms with Gasteiger partial charge in [0.15, 0.2) is 0 Å². The molecule has 0 heterocycles. The predicted molar refractivity (Wildman–Crippen MR) is 85.0 cm³/mol. The molecule has 3 heteroatoms. The lowest BCUT2D eigenvalue weighted by molar-refractivity contribution is -0.131. The number of hydrogen-bond acceptors (Lipinski definition) is 2. The smallest absolute Gasteiger partial charge is 0.226 e. The van der Waals surface area contributed by atoms with E-state index in [0.717, 1.165) is 38.8 Å². The van der Waals surface area contributed by atoms with Crippen LogP contribution in [0.25, 0.3) is 0 Å². The summed E-state index contributed by atoms with van der Waals surface area (Å²) < 4.78 is 0. The Morgan fingerprint density at radius 3 is 2.90 bits per heavy atom. The van der Waals surface area contributed by atoms with Crippen LogP contribution in [0.1, 0.15) is 42.7 Å². The van der Waals surface area contributed by atoms with Crippen LogP contribution in [0.15, 0.2) is 24.3 Å². The third-order valence-corrected chi connectivity index (χ3v) is 5.19. The topological polar surface area (TPSA) is 46.3 Å². The molecule has 3 unspecified atom stereocenters. The first-order valence-electron chi connectivity index (χ1n) is 8.27. The van der Waals surface area contributed by atoms with Gasteiger partial charge in [-0.2, -0.15) is 0 Å². The Hall–Kier alpha value is -1.35. The minimum Gasteiger partial charge on any atom is -0.345 e. The Balaban J connectivity index is 1.58. The molecular weight excluding hydrogens is 260 g/mol. The maximum Gasteiger partial charge on any atom is 0.226 e. The van der Waals surface area contributed by atoms with E-state index in [2.05, 4.69) is 24.3 Å². The number of carbonyl (C=O) groups is 1. The first-order valence-corrected chi connectivity index (χ1v) is 8.27. The number of nitrogens with zero attached hydrogens (tertiary/aromatic N) is 1. The van der Waals surface area contributed by atoms with E-state index >= 15 is 0 Å². The first-order chi connectivity index (χ1) is 10.2. The van der Waals surface area contributed by atoms with Crippen LogP contribution in [0.4, 0.5) is 0 Å². The lowest BCUT2D eigenvalue weighted by Gasteiger charge is -2.17. The van der Waals surface area contributed by atoms with Gasteiger partial charge in [-0.3, -0.25) is 4.79 Å². The third kappa shape index (κ3) is 2.84. The number of amides is 1. The molecule has 1 aromatic rings. The summed E-state index contributed by atoms with van der Waals surface area (Å²) in [5, 5.41) is 0. The highest BCUT2D eigenvalue weighted by Gasteiger charge is 2.57. The van der Waals surface area contributed by atoms with Crippen molar-refractivity contribution in [3.63, 3.8) is 0 Å². The van der Waals surface area contributed by atoms with E-state index in [-0.39, 0.29) is 5.92 Å². The molecule has 0 spiro atoms. The molecular formula is C18H26N2O. The second-order valence-corrected chi connectivity index (χ2v) is 6.56. The Labute approximate surface area is 127 Å². The van der Waals surface area contributed by atoms with E-state index in [0.29, 0.717) is 17.7 Å². The van der Waals surface area contributed by atoms with Crippen LogP contribution in [-0.4, -0.2) is 30.9 Å². The molecule has 0 aliphatic heterocycles. The van der Waals surface area contributed by atoms with Gasteiger partial charge in [-0.05, 0) is 55.2 Å². The standard InChI is InChI=1S/C18H26N2O/c1-20(12-6-2-5-11-19)18(21)17-15-10-9-13-7-3-4-8-14(13)16(15)17/h3-4,7-8,15-17H,2,5-6,9-12,19H2,1H3. The zero-order valence-corrected chi connectivity index (χ0v) is 12.9. The molecule has 2 N–H and O–H groups in total. The van der Waals surface area contributed by atoms with Gasteiger partial charge < -0.3 is 10.6 Å². The van der Waals surface area contributed by atoms with Crippen molar-refractivity contribution in [2.75, 3.05) is 20.1 Å². The molecule has 1 amide bonds. The molecule has 1 fully saturated rings. The highest BCUT2D eigenvalue weighted by Crippen LogP contribution is 2.60. The molecule has 21 heavy (non-hydrogen) atoms. The monoisotopic (exact) mass is 286 g/mol. The number of rotatable bonds is 6. The van der Waals surface area contributed by atoms with Gasteiger partial charge in [0, 0.05) is 19.5 Å². The molecule has 0 radical (unpaired) electrons. The maximum absolute atomic E-state index is 12.6. The highest BCUT2D eigenvalue weighted by atomic mass is 16.2. The summed E-state index contributed by atoms with van der Waals surface area (Å²) in [6.07, 6.45) is 5.57. The van der Waals surface area contributed by atoms with Gasteiger partial charge in [0.25, 0.3) is 0 Å². The van der Waals surface area contributed by atoms with Crippen LogP contribution < -0.4 is 5.73 Å². The van der Waals surface area contributed by atoms with Crippen LogP contribution >= 0.6 is 0 Å². The maximum atomic E-state index is 12.6. The molecule has 0 saturated heterocycles. The average molecular weight is 286 g/mol. The van der Waals surface area contributed by atoms with E-state index in [9.17, 15) is 4.79 Å². The van der Waals surface area contributed by atoms with Crippen LogP contribution in [-0.2, 0) is 11.2 Å². The number of carbonyl (C=O) groups excluding carboxylic acids is 1. The average Bonchev–Trinajstić information content (AvgIpc) is 3.25. The lowest BCUT2D eigenvalue weighted by Crippen LogP contribution is -2.30. The van der Waals surface area contributed by atoms with Crippen LogP contribution in [0, 0.1) is 11.8 Å².